The van der Waals surface area contributed by atoms with Gasteiger partial charge in [-0.15, -0.1) is 0 Å². The number of hydrogen-bond donors (Lipinski definition) is 0. The molecule has 3 aromatic rings. The summed E-state index contributed by atoms with van der Waals surface area (Å²) in [5.74, 6) is 1.01. The molecular weight excluding hydrogens is 1000 g/mol. The second-order valence-electron chi connectivity index (χ2n) is 14.8. The van der Waals surface area contributed by atoms with Crippen molar-refractivity contribution in [1.82, 2.24) is 4.90 Å². The van der Waals surface area contributed by atoms with E-state index in [4.69, 9.17) is 25.8 Å². The number of ketones is 2. The van der Waals surface area contributed by atoms with Gasteiger partial charge >= 0.3 is 175 Å². The monoisotopic (exact) mass is 1040 g/mol. The number of aryl methyl sites for hydroxylation is 1. The van der Waals surface area contributed by atoms with Crippen molar-refractivity contribution in [2.45, 2.75) is 76.8 Å². The molecular formula is C45H44ClI2N3O8-2. The quantitative estimate of drug-likeness (QED) is 0.0483. The molecule has 1 amide bonds. The number of carbonyl (C=O) groups is 5. The Morgan fingerprint density at radius 1 is 1.03 bits per heavy atom. The van der Waals surface area contributed by atoms with E-state index >= 15 is 0 Å². The summed E-state index contributed by atoms with van der Waals surface area (Å²) in [6.07, 6.45) is 5.82. The smallest absolute Gasteiger partial charge is 0.488 e. The maximum absolute atomic E-state index is 13.2. The molecule has 0 bridgehead atoms. The molecule has 1 unspecified atom stereocenters. The minimum Gasteiger partial charge on any atom is -0.488 e. The van der Waals surface area contributed by atoms with E-state index in [0.717, 1.165) is 35.1 Å². The second-order valence-corrected chi connectivity index (χ2v) is 19.9. The molecule has 11 nitrogen and oxygen atoms in total. The zero-order valence-corrected chi connectivity index (χ0v) is 37.9. The van der Waals surface area contributed by atoms with Crippen LogP contribution in [0.5, 0.6) is 11.5 Å². The average Bonchev–Trinajstić information content (AvgIpc) is 3.37. The van der Waals surface area contributed by atoms with Crippen molar-refractivity contribution in [2.24, 2.45) is 4.99 Å². The number of halogens is 3. The number of rotatable bonds is 17. The van der Waals surface area contributed by atoms with Gasteiger partial charge in [-0.3, -0.25) is 14.4 Å². The summed E-state index contributed by atoms with van der Waals surface area (Å²) in [4.78, 5) is 66.7. The number of ether oxygens (including phenoxy) is 3. The van der Waals surface area contributed by atoms with Crippen molar-refractivity contribution in [1.29, 1.82) is 5.26 Å². The van der Waals surface area contributed by atoms with Crippen LogP contribution in [0, 0.1) is 11.3 Å². The first kappa shape index (κ1) is 44.3. The number of hydrogen-bond acceptors (Lipinski definition) is 10. The summed E-state index contributed by atoms with van der Waals surface area (Å²) in [7, 11) is 0. The normalized spacial score (nSPS) is 17.2. The summed E-state index contributed by atoms with van der Waals surface area (Å²) in [6.45, 7) is 5.71. The van der Waals surface area contributed by atoms with Gasteiger partial charge in [-0.05, 0) is 42.9 Å². The molecule has 310 valence electrons. The van der Waals surface area contributed by atoms with E-state index < -0.39 is 36.5 Å². The van der Waals surface area contributed by atoms with Gasteiger partial charge in [0, 0.05) is 38.0 Å². The SMILES string of the molecule is CC(C)(c1ccc(OCC2=NC([I-]C(=O)C=O)=C[I-]C=C2)cc1)c1cc(Cl)c(OCCOCCCc2ccc3c(c2)CN(C2CCC(=O)CCCC2=O)C3=O)c(C#N)c1. The zero-order valence-electron chi connectivity index (χ0n) is 32.8. The number of carbonyl (C=O) groups excluding carboxylic acids is 5. The fourth-order valence-electron chi connectivity index (χ4n) is 7.14. The van der Waals surface area contributed by atoms with Gasteiger partial charge in [-0.1, -0.05) is 23.7 Å². The number of fused-ring (bicyclic) bond motifs is 1. The number of amides is 1. The van der Waals surface area contributed by atoms with Gasteiger partial charge < -0.3 is 14.4 Å². The molecule has 59 heavy (non-hydrogen) atoms. The molecule has 3 aliphatic rings. The Labute approximate surface area is 369 Å². The summed E-state index contributed by atoms with van der Waals surface area (Å²) in [5.41, 5.74) is 4.96. The van der Waals surface area contributed by atoms with E-state index in [2.05, 4.69) is 29.0 Å². The fourth-order valence-corrected chi connectivity index (χ4v) is 11.6. The molecule has 0 aromatic heterocycles. The van der Waals surface area contributed by atoms with Crippen LogP contribution in [0.3, 0.4) is 0 Å². The minimum absolute atomic E-state index is 0.0406. The van der Waals surface area contributed by atoms with E-state index in [9.17, 15) is 29.2 Å². The van der Waals surface area contributed by atoms with Crippen LogP contribution >= 0.6 is 11.6 Å². The molecule has 0 N–H and O–H groups in total. The van der Waals surface area contributed by atoms with E-state index in [1.807, 2.05) is 58.7 Å². The Balaban J connectivity index is 0.961. The van der Waals surface area contributed by atoms with E-state index in [-0.39, 0.29) is 51.9 Å². The van der Waals surface area contributed by atoms with Crippen molar-refractivity contribution in [3.8, 4) is 17.6 Å². The fraction of sp³-hybridized carbons (Fsp3) is 0.356. The van der Waals surface area contributed by atoms with Crippen LogP contribution in [0.25, 0.3) is 0 Å². The Kier molecular flexibility index (Phi) is 15.6. The van der Waals surface area contributed by atoms with Gasteiger partial charge in [-0.2, -0.15) is 5.26 Å². The number of aldehydes is 1. The standard InChI is InChI=1S/C45H44ClI2N3O8/c1-45(2,32-9-12-36(13-10-32)59-28-34-16-17-47-24-41(50-34)48-42(55)27-52)33-22-30(25-49)43(38(46)23-33)58-20-19-57-18-4-5-29-8-14-37-31(21-29)26-51(44(37)56)39-15-11-35(53)6-3-7-40(39)54/h8-10,12-14,16-17,21-24,27,39H,3-7,11,15,18-20,26,28H2,1-2H3/q-2. The topological polar surface area (TPSA) is 152 Å². The van der Waals surface area contributed by atoms with Crippen molar-refractivity contribution in [2.75, 3.05) is 26.4 Å². The average molecular weight is 1040 g/mol. The number of benzene rings is 3. The molecule has 1 atom stereocenters. The molecule has 2 heterocycles. The predicted molar refractivity (Wildman–Crippen MR) is 214 cm³/mol. The number of Topliss-reactive ketones (excluding diaryl/α,β-unsaturated/α-hetero) is 2. The molecule has 14 heteroatoms. The first-order valence-corrected chi connectivity index (χ1v) is 24.3. The third-order valence-electron chi connectivity index (χ3n) is 10.4. The molecule has 6 rings (SSSR count). The summed E-state index contributed by atoms with van der Waals surface area (Å²) in [6, 6.07) is 18.8. The second kappa shape index (κ2) is 20.8. The van der Waals surface area contributed by atoms with Gasteiger partial charge in [0.1, 0.15) is 18.5 Å². The van der Waals surface area contributed by atoms with Gasteiger partial charge in [-0.25, -0.2) is 0 Å². The van der Waals surface area contributed by atoms with E-state index in [1.165, 1.54) is 0 Å². The van der Waals surface area contributed by atoms with Crippen molar-refractivity contribution < 1.29 is 80.6 Å². The van der Waals surface area contributed by atoms with Crippen molar-refractivity contribution in [3.05, 3.63) is 111 Å². The van der Waals surface area contributed by atoms with Crippen LogP contribution in [-0.4, -0.2) is 70.6 Å². The van der Waals surface area contributed by atoms with Crippen molar-refractivity contribution in [3.63, 3.8) is 0 Å². The minimum atomic E-state index is -1.10. The van der Waals surface area contributed by atoms with Gasteiger partial charge in [0.05, 0.1) is 23.2 Å². The molecule has 1 aliphatic carbocycles. The number of aliphatic imine (C=N–C) groups is 1. The molecule has 1 fully saturated rings. The van der Waals surface area contributed by atoms with Crippen LogP contribution in [-0.2, 0) is 42.3 Å². The number of nitriles is 1. The van der Waals surface area contributed by atoms with E-state index in [1.54, 1.807) is 11.0 Å². The molecule has 2 aliphatic heterocycles. The third kappa shape index (κ3) is 11.5. The van der Waals surface area contributed by atoms with E-state index in [0.29, 0.717) is 95.2 Å². The Morgan fingerprint density at radius 2 is 1.85 bits per heavy atom. The van der Waals surface area contributed by atoms with Crippen LogP contribution in [0.15, 0.2) is 77.5 Å². The number of nitrogens with zero attached hydrogens (tertiary/aromatic N) is 3. The Hall–Kier alpha value is -4.24. The Morgan fingerprint density at radius 3 is 2.63 bits per heavy atom. The summed E-state index contributed by atoms with van der Waals surface area (Å²) in [5, 5.41) is 10.4. The first-order chi connectivity index (χ1) is 28.5. The first-order valence-electron chi connectivity index (χ1n) is 19.3. The van der Waals surface area contributed by atoms with Crippen LogP contribution in [0.1, 0.15) is 90.5 Å². The summed E-state index contributed by atoms with van der Waals surface area (Å²) < 4.78 is 22.1. The van der Waals surface area contributed by atoms with Crippen LogP contribution < -0.4 is 51.9 Å². The molecule has 0 radical (unpaired) electrons. The molecule has 3 aromatic carbocycles. The van der Waals surface area contributed by atoms with Crippen molar-refractivity contribution >= 4 is 44.9 Å². The molecule has 0 saturated heterocycles. The van der Waals surface area contributed by atoms with Crippen LogP contribution in [0.2, 0.25) is 5.02 Å². The molecule has 1 saturated carbocycles. The van der Waals surface area contributed by atoms with Gasteiger partial charge in [0.2, 0.25) is 0 Å². The van der Waals surface area contributed by atoms with Crippen LogP contribution in [0.4, 0.5) is 0 Å². The predicted octanol–water partition coefficient (Wildman–Crippen LogP) is 1.04. The Bertz CT molecular complexity index is 2250. The zero-order chi connectivity index (χ0) is 41.9. The summed E-state index contributed by atoms with van der Waals surface area (Å²) >= 11 is 5.25. The van der Waals surface area contributed by atoms with Gasteiger partial charge in [0.15, 0.2) is 11.5 Å². The van der Waals surface area contributed by atoms with Gasteiger partial charge in [0.25, 0.3) is 5.91 Å². The maximum atomic E-state index is 13.2. The molecule has 0 spiro atoms. The third-order valence-corrected chi connectivity index (χ3v) is 15.5.